The number of hydrogen-bond donors (Lipinski definition) is 2. The molecule has 0 bridgehead atoms. The molecule has 0 atom stereocenters. The lowest BCUT2D eigenvalue weighted by Gasteiger charge is -2.06. The average molecular weight is 263 g/mol. The number of thiocarbonyl (C=S) groups is 1. The van der Waals surface area contributed by atoms with Gasteiger partial charge >= 0.3 is 0 Å². The van der Waals surface area contributed by atoms with E-state index in [0.29, 0.717) is 5.11 Å². The van der Waals surface area contributed by atoms with Crippen LogP contribution < -0.4 is 10.7 Å². The lowest BCUT2D eigenvalue weighted by atomic mass is 10.1. The Balaban J connectivity index is 2.42. The summed E-state index contributed by atoms with van der Waals surface area (Å²) in [6, 6.07) is 6.27. The van der Waals surface area contributed by atoms with Crippen molar-refractivity contribution in [3.8, 4) is 0 Å². The third-order valence-electron chi connectivity index (χ3n) is 2.61. The van der Waals surface area contributed by atoms with Gasteiger partial charge in [-0.25, -0.2) is 0 Å². The molecule has 0 spiro atoms. The van der Waals surface area contributed by atoms with E-state index in [2.05, 4.69) is 54.8 Å². The molecule has 4 heteroatoms. The van der Waals surface area contributed by atoms with Crippen LogP contribution in [0.15, 0.2) is 23.3 Å². The molecule has 98 valence electrons. The molecule has 1 aromatic rings. The van der Waals surface area contributed by atoms with Crippen LogP contribution in [0.4, 0.5) is 0 Å². The van der Waals surface area contributed by atoms with Gasteiger partial charge in [-0.2, -0.15) is 5.10 Å². The number of hydrogen-bond acceptors (Lipinski definition) is 2. The SMILES string of the molecule is CCCCNC(=S)N/N=C\c1ccc(C)cc1C. The Kier molecular flexibility index (Phi) is 6.36. The minimum absolute atomic E-state index is 0.574. The Hall–Kier alpha value is -1.42. The highest BCUT2D eigenvalue weighted by Gasteiger charge is 1.95. The van der Waals surface area contributed by atoms with Crippen molar-refractivity contribution in [2.24, 2.45) is 5.10 Å². The van der Waals surface area contributed by atoms with Gasteiger partial charge in [-0.15, -0.1) is 0 Å². The van der Waals surface area contributed by atoms with Gasteiger partial charge in [-0.3, -0.25) is 5.43 Å². The maximum absolute atomic E-state index is 5.10. The zero-order valence-electron chi connectivity index (χ0n) is 11.3. The van der Waals surface area contributed by atoms with Crippen LogP contribution in [-0.4, -0.2) is 17.9 Å². The van der Waals surface area contributed by atoms with Gasteiger partial charge in [0.25, 0.3) is 0 Å². The summed E-state index contributed by atoms with van der Waals surface area (Å²) in [5.74, 6) is 0. The minimum atomic E-state index is 0.574. The first-order chi connectivity index (χ1) is 8.63. The lowest BCUT2D eigenvalue weighted by Crippen LogP contribution is -2.32. The molecule has 0 aromatic heterocycles. The molecule has 0 radical (unpaired) electrons. The largest absolute Gasteiger partial charge is 0.361 e. The Morgan fingerprint density at radius 3 is 2.83 bits per heavy atom. The second kappa shape index (κ2) is 7.82. The van der Waals surface area contributed by atoms with Crippen LogP contribution in [0.2, 0.25) is 0 Å². The third kappa shape index (κ3) is 5.27. The summed E-state index contributed by atoms with van der Waals surface area (Å²) in [6.07, 6.45) is 4.06. The highest BCUT2D eigenvalue weighted by atomic mass is 32.1. The Morgan fingerprint density at radius 2 is 2.17 bits per heavy atom. The summed E-state index contributed by atoms with van der Waals surface area (Å²) < 4.78 is 0. The monoisotopic (exact) mass is 263 g/mol. The molecule has 1 rings (SSSR count). The number of nitrogens with one attached hydrogen (secondary N) is 2. The van der Waals surface area contributed by atoms with Gasteiger partial charge in [0, 0.05) is 6.54 Å². The van der Waals surface area contributed by atoms with E-state index >= 15 is 0 Å². The molecule has 0 aliphatic carbocycles. The number of unbranched alkanes of at least 4 members (excludes halogenated alkanes) is 1. The second-order valence-electron chi connectivity index (χ2n) is 4.34. The van der Waals surface area contributed by atoms with Gasteiger partial charge in [-0.1, -0.05) is 37.1 Å². The first-order valence-corrected chi connectivity index (χ1v) is 6.68. The maximum Gasteiger partial charge on any atom is 0.186 e. The molecule has 2 N–H and O–H groups in total. The van der Waals surface area contributed by atoms with Gasteiger partial charge < -0.3 is 5.32 Å². The topological polar surface area (TPSA) is 36.4 Å². The fourth-order valence-corrected chi connectivity index (χ4v) is 1.70. The summed E-state index contributed by atoms with van der Waals surface area (Å²) in [5.41, 5.74) is 6.40. The van der Waals surface area contributed by atoms with Crippen LogP contribution in [0, 0.1) is 13.8 Å². The molecule has 1 aromatic carbocycles. The van der Waals surface area contributed by atoms with E-state index < -0.39 is 0 Å². The van der Waals surface area contributed by atoms with E-state index in [9.17, 15) is 0 Å². The van der Waals surface area contributed by atoms with Crippen LogP contribution in [0.3, 0.4) is 0 Å². The molecule has 0 saturated carbocycles. The molecule has 0 aliphatic rings. The Bertz CT molecular complexity index is 427. The van der Waals surface area contributed by atoms with E-state index in [-0.39, 0.29) is 0 Å². The standard InChI is InChI=1S/C14H21N3S/c1-4-5-8-15-14(18)17-16-10-13-7-6-11(2)9-12(13)3/h6-7,9-10H,4-5,8H2,1-3H3,(H2,15,17,18)/b16-10-. The highest BCUT2D eigenvalue weighted by molar-refractivity contribution is 7.80. The van der Waals surface area contributed by atoms with Crippen molar-refractivity contribution < 1.29 is 0 Å². The smallest absolute Gasteiger partial charge is 0.186 e. The van der Waals surface area contributed by atoms with E-state index in [1.165, 1.54) is 11.1 Å². The fraction of sp³-hybridized carbons (Fsp3) is 0.429. The molecule has 3 nitrogen and oxygen atoms in total. The lowest BCUT2D eigenvalue weighted by molar-refractivity contribution is 0.745. The minimum Gasteiger partial charge on any atom is -0.361 e. The molecule has 0 unspecified atom stereocenters. The number of hydrazone groups is 1. The van der Waals surface area contributed by atoms with Crippen molar-refractivity contribution in [3.63, 3.8) is 0 Å². The fourth-order valence-electron chi connectivity index (χ4n) is 1.55. The summed E-state index contributed by atoms with van der Waals surface area (Å²) in [7, 11) is 0. The van der Waals surface area contributed by atoms with Crippen molar-refractivity contribution in [2.45, 2.75) is 33.6 Å². The quantitative estimate of drug-likeness (QED) is 0.371. The van der Waals surface area contributed by atoms with Crippen LogP contribution in [0.1, 0.15) is 36.5 Å². The molecule has 0 fully saturated rings. The van der Waals surface area contributed by atoms with Gasteiger partial charge in [-0.05, 0) is 43.6 Å². The molecular formula is C14H21N3S. The summed E-state index contributed by atoms with van der Waals surface area (Å²) in [4.78, 5) is 0. The number of aryl methyl sites for hydroxylation is 2. The summed E-state index contributed by atoms with van der Waals surface area (Å²) >= 11 is 5.10. The predicted octanol–water partition coefficient (Wildman–Crippen LogP) is 2.90. The van der Waals surface area contributed by atoms with Crippen LogP contribution >= 0.6 is 12.2 Å². The van der Waals surface area contributed by atoms with Crippen LogP contribution in [0.25, 0.3) is 0 Å². The van der Waals surface area contributed by atoms with E-state index in [4.69, 9.17) is 12.2 Å². The number of benzene rings is 1. The maximum atomic E-state index is 5.10. The van der Waals surface area contributed by atoms with Crippen molar-refractivity contribution in [1.82, 2.24) is 10.7 Å². The summed E-state index contributed by atoms with van der Waals surface area (Å²) in [5, 5.41) is 7.81. The van der Waals surface area contributed by atoms with E-state index in [0.717, 1.165) is 24.9 Å². The van der Waals surface area contributed by atoms with Crippen molar-refractivity contribution in [3.05, 3.63) is 34.9 Å². The van der Waals surface area contributed by atoms with Gasteiger partial charge in [0.2, 0.25) is 0 Å². The zero-order valence-corrected chi connectivity index (χ0v) is 12.1. The summed E-state index contributed by atoms with van der Waals surface area (Å²) in [6.45, 7) is 7.20. The predicted molar refractivity (Wildman–Crippen MR) is 82.2 cm³/mol. The normalized spacial score (nSPS) is 10.6. The van der Waals surface area contributed by atoms with Crippen molar-refractivity contribution in [2.75, 3.05) is 6.54 Å². The zero-order chi connectivity index (χ0) is 13.4. The van der Waals surface area contributed by atoms with E-state index in [1.807, 2.05) is 0 Å². The van der Waals surface area contributed by atoms with Crippen molar-refractivity contribution in [1.29, 1.82) is 0 Å². The molecule has 0 aliphatic heterocycles. The Labute approximate surface area is 115 Å². The second-order valence-corrected chi connectivity index (χ2v) is 4.75. The number of nitrogens with zero attached hydrogens (tertiary/aromatic N) is 1. The third-order valence-corrected chi connectivity index (χ3v) is 2.85. The van der Waals surface area contributed by atoms with Gasteiger partial charge in [0.15, 0.2) is 5.11 Å². The van der Waals surface area contributed by atoms with Gasteiger partial charge in [0.05, 0.1) is 6.21 Å². The highest BCUT2D eigenvalue weighted by Crippen LogP contribution is 2.07. The molecular weight excluding hydrogens is 242 g/mol. The number of rotatable bonds is 5. The van der Waals surface area contributed by atoms with Crippen LogP contribution in [-0.2, 0) is 0 Å². The van der Waals surface area contributed by atoms with Crippen molar-refractivity contribution >= 4 is 23.5 Å². The first kappa shape index (κ1) is 14.6. The molecule has 0 heterocycles. The van der Waals surface area contributed by atoms with Gasteiger partial charge in [0.1, 0.15) is 0 Å². The Morgan fingerprint density at radius 1 is 1.39 bits per heavy atom. The molecule has 18 heavy (non-hydrogen) atoms. The average Bonchev–Trinajstić information content (AvgIpc) is 2.32. The first-order valence-electron chi connectivity index (χ1n) is 6.27. The molecule has 0 amide bonds. The van der Waals surface area contributed by atoms with E-state index in [1.54, 1.807) is 6.21 Å². The molecule has 0 saturated heterocycles. The van der Waals surface area contributed by atoms with Crippen LogP contribution in [0.5, 0.6) is 0 Å².